The molecule has 3 heterocycles. The lowest BCUT2D eigenvalue weighted by atomic mass is 9.98. The zero-order valence-electron chi connectivity index (χ0n) is 21.8. The Bertz CT molecular complexity index is 1600. The summed E-state index contributed by atoms with van der Waals surface area (Å²) >= 11 is 0. The van der Waals surface area contributed by atoms with E-state index in [4.69, 9.17) is 4.74 Å². The summed E-state index contributed by atoms with van der Waals surface area (Å²) in [6, 6.07) is 15.5. The molecule has 1 fully saturated rings. The highest BCUT2D eigenvalue weighted by Crippen LogP contribution is 2.37. The van der Waals surface area contributed by atoms with Crippen molar-refractivity contribution in [1.82, 2.24) is 13.9 Å². The van der Waals surface area contributed by atoms with Crippen LogP contribution in [0, 0.1) is 0 Å². The number of nitrogens with zero attached hydrogens (tertiary/aromatic N) is 3. The lowest BCUT2D eigenvalue weighted by Crippen LogP contribution is -2.28. The molecular weight excluding hydrogens is 516 g/mol. The van der Waals surface area contributed by atoms with Crippen LogP contribution in [-0.2, 0) is 21.4 Å². The second kappa shape index (κ2) is 11.0. The van der Waals surface area contributed by atoms with Crippen LogP contribution in [0.5, 0.6) is 5.75 Å². The first-order chi connectivity index (χ1) is 18.8. The standard InChI is InChI=1S/C29H30N4O5S/c1-20(2)38-24-6-8-25(9-7-24)39(36,37)33-13-11-22(18-33)27-19-32(14-15-34)28-16-23(5-10-26(27)28)31-29(35)21-4-3-12-30-17-21/h3-10,12,15-17,19-20,22H,11,13-14,18H2,1-2H3,(H,31,35). The van der Waals surface area contributed by atoms with Crippen LogP contribution in [0.3, 0.4) is 0 Å². The largest absolute Gasteiger partial charge is 0.491 e. The average Bonchev–Trinajstić information content (AvgIpc) is 3.55. The Balaban J connectivity index is 1.38. The van der Waals surface area contributed by atoms with Crippen LogP contribution in [0.25, 0.3) is 10.9 Å². The number of hydrogen-bond acceptors (Lipinski definition) is 6. The number of pyridine rings is 1. The van der Waals surface area contributed by atoms with Crippen molar-refractivity contribution >= 4 is 38.8 Å². The fourth-order valence-electron chi connectivity index (χ4n) is 4.97. The van der Waals surface area contributed by atoms with Crippen molar-refractivity contribution in [2.75, 3.05) is 18.4 Å². The molecule has 1 saturated heterocycles. The van der Waals surface area contributed by atoms with Gasteiger partial charge in [-0.2, -0.15) is 4.31 Å². The van der Waals surface area contributed by atoms with E-state index in [2.05, 4.69) is 10.3 Å². The number of sulfonamides is 1. The summed E-state index contributed by atoms with van der Waals surface area (Å²) < 4.78 is 35.7. The van der Waals surface area contributed by atoms with Crippen LogP contribution in [0.1, 0.15) is 42.1 Å². The van der Waals surface area contributed by atoms with Crippen molar-refractivity contribution in [3.63, 3.8) is 0 Å². The third-order valence-corrected chi connectivity index (χ3v) is 8.67. The minimum atomic E-state index is -3.67. The number of benzene rings is 2. The summed E-state index contributed by atoms with van der Waals surface area (Å²) in [7, 11) is -3.67. The SMILES string of the molecule is CC(C)Oc1ccc(S(=O)(=O)N2CCC(c3cn(CC=O)c4cc(NC(=O)c5cccnc5)ccc34)C2)cc1. The van der Waals surface area contributed by atoms with Crippen LogP contribution in [0.4, 0.5) is 5.69 Å². The average molecular weight is 547 g/mol. The second-order valence-electron chi connectivity index (χ2n) is 9.82. The predicted octanol–water partition coefficient (Wildman–Crippen LogP) is 4.45. The molecule has 0 spiro atoms. The van der Waals surface area contributed by atoms with E-state index >= 15 is 0 Å². The summed E-state index contributed by atoms with van der Waals surface area (Å²) in [5.41, 5.74) is 2.81. The van der Waals surface area contributed by atoms with Gasteiger partial charge in [0.05, 0.1) is 28.6 Å². The van der Waals surface area contributed by atoms with Gasteiger partial charge in [0.25, 0.3) is 5.91 Å². The number of nitrogens with one attached hydrogen (secondary N) is 1. The summed E-state index contributed by atoms with van der Waals surface area (Å²) in [5, 5.41) is 3.81. The van der Waals surface area contributed by atoms with E-state index < -0.39 is 10.0 Å². The van der Waals surface area contributed by atoms with Crippen LogP contribution in [0.2, 0.25) is 0 Å². The van der Waals surface area contributed by atoms with Crippen LogP contribution in [0.15, 0.2) is 78.1 Å². The molecule has 2 aromatic carbocycles. The van der Waals surface area contributed by atoms with Gasteiger partial charge in [-0.15, -0.1) is 0 Å². The van der Waals surface area contributed by atoms with Crippen LogP contribution >= 0.6 is 0 Å². The Morgan fingerprint density at radius 3 is 2.67 bits per heavy atom. The van der Waals surface area contributed by atoms with Gasteiger partial charge in [-0.1, -0.05) is 6.07 Å². The quantitative estimate of drug-likeness (QED) is 0.311. The van der Waals surface area contributed by atoms with Gasteiger partial charge in [0.1, 0.15) is 12.0 Å². The molecular formula is C29H30N4O5S. The fraction of sp³-hybridized carbons (Fsp3) is 0.276. The molecule has 9 nitrogen and oxygen atoms in total. The van der Waals surface area contributed by atoms with E-state index in [0.717, 1.165) is 22.8 Å². The van der Waals surface area contributed by atoms with Gasteiger partial charge in [-0.3, -0.25) is 9.78 Å². The Morgan fingerprint density at radius 2 is 1.97 bits per heavy atom. The molecule has 202 valence electrons. The van der Waals surface area contributed by atoms with Crippen LogP contribution in [-0.4, -0.2) is 53.7 Å². The number of anilines is 1. The molecule has 0 aliphatic carbocycles. The first-order valence-corrected chi connectivity index (χ1v) is 14.2. The van der Waals surface area contributed by atoms with E-state index in [1.54, 1.807) is 42.6 Å². The number of aromatic nitrogens is 2. The summed E-state index contributed by atoms with van der Waals surface area (Å²) in [6.45, 7) is 4.72. The lowest BCUT2D eigenvalue weighted by molar-refractivity contribution is -0.108. The predicted molar refractivity (Wildman–Crippen MR) is 149 cm³/mol. The third-order valence-electron chi connectivity index (χ3n) is 6.79. The number of ether oxygens (including phenoxy) is 1. The smallest absolute Gasteiger partial charge is 0.257 e. The molecule has 39 heavy (non-hydrogen) atoms. The molecule has 4 aromatic rings. The van der Waals surface area contributed by atoms with E-state index in [9.17, 15) is 18.0 Å². The van der Waals surface area contributed by atoms with Gasteiger partial charge in [0.15, 0.2) is 0 Å². The van der Waals surface area contributed by atoms with Crippen molar-refractivity contribution in [1.29, 1.82) is 0 Å². The van der Waals surface area contributed by atoms with E-state index in [1.165, 1.54) is 10.5 Å². The summed E-state index contributed by atoms with van der Waals surface area (Å²) in [4.78, 5) is 28.2. The van der Waals surface area contributed by atoms with Crippen molar-refractivity contribution in [2.45, 2.75) is 43.7 Å². The van der Waals surface area contributed by atoms with E-state index in [1.807, 2.05) is 42.8 Å². The maximum atomic E-state index is 13.4. The van der Waals surface area contributed by atoms with Crippen molar-refractivity contribution in [3.8, 4) is 5.75 Å². The first kappa shape index (κ1) is 26.6. The molecule has 1 atom stereocenters. The van der Waals surface area contributed by atoms with Crippen molar-refractivity contribution in [3.05, 3.63) is 84.3 Å². The summed E-state index contributed by atoms with van der Waals surface area (Å²) in [6.07, 6.45) is 6.50. The highest BCUT2D eigenvalue weighted by atomic mass is 32.2. The highest BCUT2D eigenvalue weighted by Gasteiger charge is 2.34. The lowest BCUT2D eigenvalue weighted by Gasteiger charge is -2.17. The zero-order chi connectivity index (χ0) is 27.6. The maximum absolute atomic E-state index is 13.4. The topological polar surface area (TPSA) is 111 Å². The van der Waals surface area contributed by atoms with Gasteiger partial charge in [-0.05, 0) is 74.4 Å². The minimum Gasteiger partial charge on any atom is -0.491 e. The van der Waals surface area contributed by atoms with Gasteiger partial charge < -0.3 is 19.4 Å². The molecule has 0 radical (unpaired) electrons. The molecule has 0 bridgehead atoms. The van der Waals surface area contributed by atoms with Gasteiger partial charge in [0, 0.05) is 48.7 Å². The molecule has 1 N–H and O–H groups in total. The highest BCUT2D eigenvalue weighted by molar-refractivity contribution is 7.89. The minimum absolute atomic E-state index is 0.00153. The van der Waals surface area contributed by atoms with E-state index in [-0.39, 0.29) is 29.4 Å². The molecule has 1 unspecified atom stereocenters. The van der Waals surface area contributed by atoms with Gasteiger partial charge >= 0.3 is 0 Å². The Kier molecular flexibility index (Phi) is 7.49. The van der Waals surface area contributed by atoms with Gasteiger partial charge in [0.2, 0.25) is 10.0 Å². The monoisotopic (exact) mass is 546 g/mol. The molecule has 1 aliphatic heterocycles. The van der Waals surface area contributed by atoms with Gasteiger partial charge in [-0.25, -0.2) is 8.42 Å². The number of carbonyl (C=O) groups excluding carboxylic acids is 2. The molecule has 5 rings (SSSR count). The fourth-order valence-corrected chi connectivity index (χ4v) is 6.47. The number of aldehydes is 1. The summed E-state index contributed by atoms with van der Waals surface area (Å²) in [5.74, 6) is 0.313. The third kappa shape index (κ3) is 5.57. The molecule has 0 saturated carbocycles. The number of rotatable bonds is 9. The Morgan fingerprint density at radius 1 is 1.18 bits per heavy atom. The molecule has 10 heteroatoms. The number of amides is 1. The van der Waals surface area contributed by atoms with E-state index in [0.29, 0.717) is 36.5 Å². The first-order valence-electron chi connectivity index (χ1n) is 12.8. The molecule has 1 aliphatic rings. The second-order valence-corrected chi connectivity index (χ2v) is 11.8. The van der Waals surface area contributed by atoms with Crippen LogP contribution < -0.4 is 10.1 Å². The number of hydrogen-bond donors (Lipinski definition) is 1. The van der Waals surface area contributed by atoms with Crippen molar-refractivity contribution in [2.24, 2.45) is 0 Å². The van der Waals surface area contributed by atoms with Crippen molar-refractivity contribution < 1.29 is 22.7 Å². The normalized spacial score (nSPS) is 16.0. The zero-order valence-corrected chi connectivity index (χ0v) is 22.6. The molecule has 1 amide bonds. The number of fused-ring (bicyclic) bond motifs is 1. The maximum Gasteiger partial charge on any atom is 0.257 e. The molecule has 2 aromatic heterocycles. The number of carbonyl (C=O) groups is 2. The Labute approximate surface area is 227 Å². The Hall–Kier alpha value is -4.02.